The number of hydrogen-bond donors (Lipinski definition) is 1. The van der Waals surface area contributed by atoms with Gasteiger partial charge in [0.05, 0.1) is 6.10 Å². The van der Waals surface area contributed by atoms with Gasteiger partial charge in [-0.3, -0.25) is 0 Å². The molecule has 0 heterocycles. The lowest BCUT2D eigenvalue weighted by molar-refractivity contribution is 0.133. The molecular formula is C19H31NO. The summed E-state index contributed by atoms with van der Waals surface area (Å²) in [6.07, 6.45) is 4.77. The van der Waals surface area contributed by atoms with Gasteiger partial charge in [0.15, 0.2) is 0 Å². The Bertz CT molecular complexity index is 465. The van der Waals surface area contributed by atoms with Crippen LogP contribution in [-0.4, -0.2) is 6.10 Å². The first kappa shape index (κ1) is 16.4. The van der Waals surface area contributed by atoms with Crippen LogP contribution in [0.15, 0.2) is 24.3 Å². The zero-order chi connectivity index (χ0) is 15.7. The Morgan fingerprint density at radius 1 is 1.19 bits per heavy atom. The quantitative estimate of drug-likeness (QED) is 0.862. The molecule has 0 unspecified atom stereocenters. The summed E-state index contributed by atoms with van der Waals surface area (Å²) >= 11 is 0. The van der Waals surface area contributed by atoms with E-state index in [2.05, 4.69) is 52.8 Å². The van der Waals surface area contributed by atoms with Crippen LogP contribution in [0.3, 0.4) is 0 Å². The van der Waals surface area contributed by atoms with Gasteiger partial charge in [0, 0.05) is 5.54 Å². The standard InChI is InChI=1S/C19H31NO/c1-14(2)21-17-8-6-7-16(13-17)19(20)11-9-15(10-12-19)18(3,4)5/h6-8,13-15H,9-12,20H2,1-5H3. The summed E-state index contributed by atoms with van der Waals surface area (Å²) in [4.78, 5) is 0. The molecule has 0 bridgehead atoms. The van der Waals surface area contributed by atoms with E-state index in [0.717, 1.165) is 24.5 Å². The van der Waals surface area contributed by atoms with Gasteiger partial charge in [0.25, 0.3) is 0 Å². The summed E-state index contributed by atoms with van der Waals surface area (Å²) in [5.74, 6) is 1.72. The van der Waals surface area contributed by atoms with E-state index >= 15 is 0 Å². The van der Waals surface area contributed by atoms with Crippen LogP contribution in [0.2, 0.25) is 0 Å². The van der Waals surface area contributed by atoms with Gasteiger partial charge >= 0.3 is 0 Å². The molecule has 1 saturated carbocycles. The van der Waals surface area contributed by atoms with Gasteiger partial charge in [-0.25, -0.2) is 0 Å². The van der Waals surface area contributed by atoms with E-state index in [1.807, 2.05) is 6.07 Å². The van der Waals surface area contributed by atoms with E-state index in [-0.39, 0.29) is 11.6 Å². The fraction of sp³-hybridized carbons (Fsp3) is 0.684. The molecule has 2 rings (SSSR count). The molecule has 0 saturated heterocycles. The fourth-order valence-electron chi connectivity index (χ4n) is 3.44. The van der Waals surface area contributed by atoms with E-state index in [0.29, 0.717) is 5.41 Å². The number of hydrogen-bond acceptors (Lipinski definition) is 2. The highest BCUT2D eigenvalue weighted by molar-refractivity contribution is 5.33. The number of rotatable bonds is 3. The van der Waals surface area contributed by atoms with Crippen LogP contribution in [-0.2, 0) is 5.54 Å². The van der Waals surface area contributed by atoms with Gasteiger partial charge in [0.1, 0.15) is 5.75 Å². The van der Waals surface area contributed by atoms with E-state index < -0.39 is 0 Å². The molecule has 2 heteroatoms. The largest absolute Gasteiger partial charge is 0.491 e. The lowest BCUT2D eigenvalue weighted by Gasteiger charge is -2.42. The summed E-state index contributed by atoms with van der Waals surface area (Å²) in [5, 5.41) is 0. The Morgan fingerprint density at radius 2 is 1.81 bits per heavy atom. The van der Waals surface area contributed by atoms with Gasteiger partial charge in [-0.2, -0.15) is 0 Å². The predicted octanol–water partition coefficient (Wildman–Crippen LogP) is 4.86. The Balaban J connectivity index is 2.11. The monoisotopic (exact) mass is 289 g/mol. The van der Waals surface area contributed by atoms with Crippen molar-refractivity contribution in [1.82, 2.24) is 0 Å². The minimum atomic E-state index is -0.182. The SMILES string of the molecule is CC(C)Oc1cccc(C2(N)CCC(C(C)(C)C)CC2)c1. The van der Waals surface area contributed by atoms with Crippen molar-refractivity contribution in [3.63, 3.8) is 0 Å². The molecule has 0 atom stereocenters. The predicted molar refractivity (Wildman–Crippen MR) is 89.5 cm³/mol. The maximum Gasteiger partial charge on any atom is 0.120 e. The van der Waals surface area contributed by atoms with Crippen molar-refractivity contribution < 1.29 is 4.74 Å². The summed E-state index contributed by atoms with van der Waals surface area (Å²) in [7, 11) is 0. The number of benzene rings is 1. The van der Waals surface area contributed by atoms with Gasteiger partial charge in [-0.1, -0.05) is 32.9 Å². The molecule has 1 fully saturated rings. The van der Waals surface area contributed by atoms with Crippen LogP contribution in [0.5, 0.6) is 5.75 Å². The van der Waals surface area contributed by atoms with Crippen molar-refractivity contribution >= 4 is 0 Å². The zero-order valence-corrected chi connectivity index (χ0v) is 14.3. The average Bonchev–Trinajstić information content (AvgIpc) is 2.37. The highest BCUT2D eigenvalue weighted by Gasteiger charge is 2.37. The molecule has 1 aromatic carbocycles. The van der Waals surface area contributed by atoms with Crippen molar-refractivity contribution in [3.8, 4) is 5.75 Å². The molecule has 1 aromatic rings. The Kier molecular flexibility index (Phi) is 4.67. The molecule has 21 heavy (non-hydrogen) atoms. The van der Waals surface area contributed by atoms with Crippen LogP contribution < -0.4 is 10.5 Å². The Hall–Kier alpha value is -1.02. The maximum absolute atomic E-state index is 6.73. The average molecular weight is 289 g/mol. The minimum absolute atomic E-state index is 0.182. The van der Waals surface area contributed by atoms with Crippen LogP contribution in [0.4, 0.5) is 0 Å². The third-order valence-corrected chi connectivity index (χ3v) is 4.88. The minimum Gasteiger partial charge on any atom is -0.491 e. The highest BCUT2D eigenvalue weighted by atomic mass is 16.5. The second-order valence-corrected chi connectivity index (χ2v) is 7.99. The number of nitrogens with two attached hydrogens (primary N) is 1. The van der Waals surface area contributed by atoms with Gasteiger partial charge in [-0.05, 0) is 68.6 Å². The zero-order valence-electron chi connectivity index (χ0n) is 14.3. The smallest absolute Gasteiger partial charge is 0.120 e. The highest BCUT2D eigenvalue weighted by Crippen LogP contribution is 2.44. The van der Waals surface area contributed by atoms with E-state index in [4.69, 9.17) is 10.5 Å². The lowest BCUT2D eigenvalue weighted by Crippen LogP contribution is -2.42. The molecule has 0 spiro atoms. The van der Waals surface area contributed by atoms with Crippen LogP contribution in [0, 0.1) is 11.3 Å². The van der Waals surface area contributed by atoms with E-state index in [1.165, 1.54) is 18.4 Å². The molecule has 118 valence electrons. The molecule has 0 radical (unpaired) electrons. The third kappa shape index (κ3) is 4.00. The van der Waals surface area contributed by atoms with Crippen molar-refractivity contribution in [1.29, 1.82) is 0 Å². The summed E-state index contributed by atoms with van der Waals surface area (Å²) in [5.41, 5.74) is 8.17. The molecular weight excluding hydrogens is 258 g/mol. The summed E-state index contributed by atoms with van der Waals surface area (Å²) in [6.45, 7) is 11.1. The van der Waals surface area contributed by atoms with Crippen molar-refractivity contribution in [2.24, 2.45) is 17.1 Å². The van der Waals surface area contributed by atoms with E-state index in [9.17, 15) is 0 Å². The Labute approximate surface area is 130 Å². The summed E-state index contributed by atoms with van der Waals surface area (Å²) in [6, 6.07) is 8.38. The van der Waals surface area contributed by atoms with Crippen LogP contribution in [0.1, 0.15) is 65.9 Å². The third-order valence-electron chi connectivity index (χ3n) is 4.88. The van der Waals surface area contributed by atoms with Crippen molar-refractivity contribution in [2.45, 2.75) is 71.9 Å². The first-order valence-corrected chi connectivity index (χ1v) is 8.27. The molecule has 0 aliphatic heterocycles. The normalized spacial score (nSPS) is 26.9. The lowest BCUT2D eigenvalue weighted by atomic mass is 9.66. The molecule has 0 amide bonds. The molecule has 2 nitrogen and oxygen atoms in total. The fourth-order valence-corrected chi connectivity index (χ4v) is 3.44. The topological polar surface area (TPSA) is 35.2 Å². The first-order valence-electron chi connectivity index (χ1n) is 8.27. The summed E-state index contributed by atoms with van der Waals surface area (Å²) < 4.78 is 5.81. The van der Waals surface area contributed by atoms with Crippen molar-refractivity contribution in [3.05, 3.63) is 29.8 Å². The van der Waals surface area contributed by atoms with Gasteiger partial charge in [-0.15, -0.1) is 0 Å². The molecule has 1 aliphatic rings. The van der Waals surface area contributed by atoms with Crippen molar-refractivity contribution in [2.75, 3.05) is 0 Å². The molecule has 0 aromatic heterocycles. The molecule has 1 aliphatic carbocycles. The second-order valence-electron chi connectivity index (χ2n) is 7.99. The van der Waals surface area contributed by atoms with Crippen LogP contribution >= 0.6 is 0 Å². The Morgan fingerprint density at radius 3 is 2.33 bits per heavy atom. The molecule has 2 N–H and O–H groups in total. The van der Waals surface area contributed by atoms with Crippen LogP contribution in [0.25, 0.3) is 0 Å². The maximum atomic E-state index is 6.73. The first-order chi connectivity index (χ1) is 9.71. The number of ether oxygens (including phenoxy) is 1. The van der Waals surface area contributed by atoms with Gasteiger partial charge in [0.2, 0.25) is 0 Å². The second kappa shape index (κ2) is 6.00. The van der Waals surface area contributed by atoms with Gasteiger partial charge < -0.3 is 10.5 Å². The van der Waals surface area contributed by atoms with E-state index in [1.54, 1.807) is 0 Å².